The van der Waals surface area contributed by atoms with Gasteiger partial charge in [0.15, 0.2) is 0 Å². The molecule has 1 saturated heterocycles. The van der Waals surface area contributed by atoms with Crippen LogP contribution in [0.4, 0.5) is 0 Å². The van der Waals surface area contributed by atoms with Gasteiger partial charge in [0.25, 0.3) is 0 Å². The van der Waals surface area contributed by atoms with Crippen molar-refractivity contribution in [2.24, 2.45) is 0 Å². The Hall–Kier alpha value is -1.59. The van der Waals surface area contributed by atoms with Gasteiger partial charge in [0.2, 0.25) is 5.91 Å². The summed E-state index contributed by atoms with van der Waals surface area (Å²) in [6.07, 6.45) is 3.94. The SMILES string of the molecule is CN(Cc1ccco1)C(=O)[C@@H](c1cccc(Br)c1)N1CCCC1. The quantitative estimate of drug-likeness (QED) is 0.795. The highest BCUT2D eigenvalue weighted by Crippen LogP contribution is 2.29. The summed E-state index contributed by atoms with van der Waals surface area (Å²) in [6, 6.07) is 11.6. The Morgan fingerprint density at radius 3 is 2.74 bits per heavy atom. The Morgan fingerprint density at radius 2 is 2.09 bits per heavy atom. The van der Waals surface area contributed by atoms with Gasteiger partial charge in [-0.2, -0.15) is 0 Å². The van der Waals surface area contributed by atoms with Crippen LogP contribution in [-0.4, -0.2) is 35.8 Å². The predicted molar refractivity (Wildman–Crippen MR) is 92.9 cm³/mol. The highest BCUT2D eigenvalue weighted by molar-refractivity contribution is 9.10. The minimum atomic E-state index is -0.227. The van der Waals surface area contributed by atoms with Gasteiger partial charge in [-0.25, -0.2) is 0 Å². The fourth-order valence-electron chi connectivity index (χ4n) is 3.11. The standard InChI is InChI=1S/C18H21BrN2O2/c1-20(13-16-8-5-11-23-16)18(22)17(21-9-2-3-10-21)14-6-4-7-15(19)12-14/h4-8,11-12,17H,2-3,9-10,13H2,1H3/t17-/m1/s1. The minimum Gasteiger partial charge on any atom is -0.467 e. The van der Waals surface area contributed by atoms with E-state index >= 15 is 0 Å². The number of nitrogens with zero attached hydrogens (tertiary/aromatic N) is 2. The summed E-state index contributed by atoms with van der Waals surface area (Å²) >= 11 is 3.52. The van der Waals surface area contributed by atoms with Crippen molar-refractivity contribution in [2.45, 2.75) is 25.4 Å². The van der Waals surface area contributed by atoms with Crippen LogP contribution >= 0.6 is 15.9 Å². The molecule has 0 radical (unpaired) electrons. The maximum atomic E-state index is 13.1. The monoisotopic (exact) mass is 376 g/mol. The second-order valence-corrected chi connectivity index (χ2v) is 6.89. The number of likely N-dealkylation sites (tertiary alicyclic amines) is 1. The van der Waals surface area contributed by atoms with Crippen molar-refractivity contribution < 1.29 is 9.21 Å². The Labute approximate surface area is 145 Å². The van der Waals surface area contributed by atoms with E-state index in [1.165, 1.54) is 0 Å². The zero-order valence-electron chi connectivity index (χ0n) is 13.2. The molecule has 1 aliphatic rings. The highest BCUT2D eigenvalue weighted by Gasteiger charge is 2.32. The predicted octanol–water partition coefficient (Wildman–Crippen LogP) is 3.84. The Bertz CT molecular complexity index is 651. The molecule has 0 aliphatic carbocycles. The lowest BCUT2D eigenvalue weighted by atomic mass is 10.0. The van der Waals surface area contributed by atoms with Gasteiger partial charge in [-0.1, -0.05) is 28.1 Å². The van der Waals surface area contributed by atoms with Crippen LogP contribution in [0, 0.1) is 0 Å². The van der Waals surface area contributed by atoms with Crippen LogP contribution in [-0.2, 0) is 11.3 Å². The van der Waals surface area contributed by atoms with E-state index < -0.39 is 0 Å². The smallest absolute Gasteiger partial charge is 0.244 e. The molecule has 122 valence electrons. The van der Waals surface area contributed by atoms with Crippen molar-refractivity contribution in [1.82, 2.24) is 9.80 Å². The van der Waals surface area contributed by atoms with Crippen molar-refractivity contribution >= 4 is 21.8 Å². The van der Waals surface area contributed by atoms with E-state index in [0.29, 0.717) is 6.54 Å². The van der Waals surface area contributed by atoms with E-state index in [2.05, 4.69) is 20.8 Å². The highest BCUT2D eigenvalue weighted by atomic mass is 79.9. The second-order valence-electron chi connectivity index (χ2n) is 5.97. The molecule has 0 spiro atoms. The first-order chi connectivity index (χ1) is 11.1. The van der Waals surface area contributed by atoms with E-state index in [1.807, 2.05) is 43.4 Å². The summed E-state index contributed by atoms with van der Waals surface area (Å²) in [6.45, 7) is 2.43. The van der Waals surface area contributed by atoms with Crippen LogP contribution in [0.5, 0.6) is 0 Å². The van der Waals surface area contributed by atoms with Crippen molar-refractivity contribution in [3.05, 3.63) is 58.5 Å². The summed E-state index contributed by atoms with van der Waals surface area (Å²) in [5, 5.41) is 0. The third kappa shape index (κ3) is 3.85. The van der Waals surface area contributed by atoms with Gasteiger partial charge < -0.3 is 9.32 Å². The third-order valence-corrected chi connectivity index (χ3v) is 4.75. The molecule has 1 amide bonds. The van der Waals surface area contributed by atoms with Crippen LogP contribution in [0.25, 0.3) is 0 Å². The number of halogens is 1. The molecule has 2 heterocycles. The molecule has 1 aromatic carbocycles. The minimum absolute atomic E-state index is 0.112. The first-order valence-corrected chi connectivity index (χ1v) is 8.71. The van der Waals surface area contributed by atoms with Crippen LogP contribution < -0.4 is 0 Å². The lowest BCUT2D eigenvalue weighted by Gasteiger charge is -2.30. The van der Waals surface area contributed by atoms with Gasteiger partial charge in [-0.05, 0) is 55.8 Å². The van der Waals surface area contributed by atoms with Crippen LogP contribution in [0.1, 0.15) is 30.2 Å². The fraction of sp³-hybridized carbons (Fsp3) is 0.389. The molecule has 4 nitrogen and oxygen atoms in total. The van der Waals surface area contributed by atoms with E-state index in [9.17, 15) is 4.79 Å². The lowest BCUT2D eigenvalue weighted by molar-refractivity contribution is -0.136. The van der Waals surface area contributed by atoms with Crippen LogP contribution in [0.2, 0.25) is 0 Å². The third-order valence-electron chi connectivity index (χ3n) is 4.25. The molecule has 5 heteroatoms. The molecule has 1 aliphatic heterocycles. The molecule has 0 N–H and O–H groups in total. The van der Waals surface area contributed by atoms with E-state index in [-0.39, 0.29) is 11.9 Å². The van der Waals surface area contributed by atoms with E-state index in [0.717, 1.165) is 41.7 Å². The molecule has 1 aromatic heterocycles. The number of benzene rings is 1. The Morgan fingerprint density at radius 1 is 1.30 bits per heavy atom. The first kappa shape index (κ1) is 16.3. The molecule has 1 fully saturated rings. The number of amides is 1. The van der Waals surface area contributed by atoms with Gasteiger partial charge in [0.05, 0.1) is 12.8 Å². The summed E-state index contributed by atoms with van der Waals surface area (Å²) in [5.74, 6) is 0.914. The van der Waals surface area contributed by atoms with Crippen LogP contribution in [0.15, 0.2) is 51.6 Å². The second kappa shape index (κ2) is 7.32. The Balaban J connectivity index is 1.83. The number of furan rings is 1. The topological polar surface area (TPSA) is 36.7 Å². The number of likely N-dealkylation sites (N-methyl/N-ethyl adjacent to an activating group) is 1. The summed E-state index contributed by atoms with van der Waals surface area (Å²) in [5.41, 5.74) is 1.04. The summed E-state index contributed by atoms with van der Waals surface area (Å²) in [4.78, 5) is 17.1. The van der Waals surface area contributed by atoms with Gasteiger partial charge in [-0.15, -0.1) is 0 Å². The van der Waals surface area contributed by atoms with Gasteiger partial charge in [0, 0.05) is 11.5 Å². The number of hydrogen-bond acceptors (Lipinski definition) is 3. The summed E-state index contributed by atoms with van der Waals surface area (Å²) in [7, 11) is 1.84. The lowest BCUT2D eigenvalue weighted by Crippen LogP contribution is -2.40. The summed E-state index contributed by atoms with van der Waals surface area (Å²) < 4.78 is 6.37. The molecule has 23 heavy (non-hydrogen) atoms. The van der Waals surface area contributed by atoms with Crippen molar-refractivity contribution in [3.8, 4) is 0 Å². The molecular weight excluding hydrogens is 356 g/mol. The first-order valence-electron chi connectivity index (χ1n) is 7.92. The number of carbonyl (C=O) groups excluding carboxylic acids is 1. The maximum absolute atomic E-state index is 13.1. The molecule has 0 saturated carbocycles. The van der Waals surface area contributed by atoms with Crippen molar-refractivity contribution in [1.29, 1.82) is 0 Å². The molecule has 3 rings (SSSR count). The average molecular weight is 377 g/mol. The molecule has 0 bridgehead atoms. The zero-order chi connectivity index (χ0) is 16.2. The van der Waals surface area contributed by atoms with Crippen molar-refractivity contribution in [3.63, 3.8) is 0 Å². The van der Waals surface area contributed by atoms with Crippen LogP contribution in [0.3, 0.4) is 0 Å². The molecule has 1 atom stereocenters. The van der Waals surface area contributed by atoms with Gasteiger partial charge in [-0.3, -0.25) is 9.69 Å². The number of rotatable bonds is 5. The molecular formula is C18H21BrN2O2. The maximum Gasteiger partial charge on any atom is 0.244 e. The Kier molecular flexibility index (Phi) is 5.18. The fourth-order valence-corrected chi connectivity index (χ4v) is 3.53. The normalized spacial score (nSPS) is 16.4. The number of hydrogen-bond donors (Lipinski definition) is 0. The average Bonchev–Trinajstić information content (AvgIpc) is 3.21. The number of carbonyl (C=O) groups is 1. The van der Waals surface area contributed by atoms with Gasteiger partial charge >= 0.3 is 0 Å². The van der Waals surface area contributed by atoms with Gasteiger partial charge in [0.1, 0.15) is 11.8 Å². The van der Waals surface area contributed by atoms with E-state index in [1.54, 1.807) is 11.2 Å². The largest absolute Gasteiger partial charge is 0.467 e. The van der Waals surface area contributed by atoms with E-state index in [4.69, 9.17) is 4.42 Å². The van der Waals surface area contributed by atoms with Crippen molar-refractivity contribution in [2.75, 3.05) is 20.1 Å². The zero-order valence-corrected chi connectivity index (χ0v) is 14.8. The molecule has 2 aromatic rings. The molecule has 0 unspecified atom stereocenters.